The molecule has 0 radical (unpaired) electrons. The second kappa shape index (κ2) is 6.65. The molecule has 3 rings (SSSR count). The molecule has 0 aliphatic rings. The van der Waals surface area contributed by atoms with E-state index in [2.05, 4.69) is 16.5 Å². The molecule has 23 heavy (non-hydrogen) atoms. The highest BCUT2D eigenvalue weighted by Gasteiger charge is 2.11. The van der Waals surface area contributed by atoms with Gasteiger partial charge in [0, 0.05) is 11.6 Å². The predicted octanol–water partition coefficient (Wildman–Crippen LogP) is 3.86. The van der Waals surface area contributed by atoms with Crippen LogP contribution in [0.25, 0.3) is 11.3 Å². The van der Waals surface area contributed by atoms with Gasteiger partial charge in [0.05, 0.1) is 27.4 Å². The first-order chi connectivity index (χ1) is 11.2. The lowest BCUT2D eigenvalue weighted by molar-refractivity contribution is 0.0951. The van der Waals surface area contributed by atoms with E-state index in [0.29, 0.717) is 26.2 Å². The Kier molecular flexibility index (Phi) is 4.42. The summed E-state index contributed by atoms with van der Waals surface area (Å²) in [6.07, 6.45) is 0. The van der Waals surface area contributed by atoms with Crippen LogP contribution in [0.5, 0.6) is 0 Å². The summed E-state index contributed by atoms with van der Waals surface area (Å²) in [4.78, 5) is 12.5. The van der Waals surface area contributed by atoms with Crippen LogP contribution in [0.3, 0.4) is 0 Å². The molecule has 5 nitrogen and oxygen atoms in total. The number of carbonyl (C=O) groups is 1. The maximum Gasteiger partial charge on any atom is 0.261 e. The molecule has 0 atom stereocenters. The fourth-order valence-corrected chi connectivity index (χ4v) is 2.90. The summed E-state index contributed by atoms with van der Waals surface area (Å²) >= 11 is 7.02. The van der Waals surface area contributed by atoms with Crippen molar-refractivity contribution in [1.82, 2.24) is 10.5 Å². The Bertz CT molecular complexity index is 877. The summed E-state index contributed by atoms with van der Waals surface area (Å²) in [6.45, 7) is 0.234. The summed E-state index contributed by atoms with van der Waals surface area (Å²) in [5, 5.41) is 15.5. The van der Waals surface area contributed by atoms with E-state index in [1.165, 1.54) is 11.3 Å². The first-order valence-electron chi connectivity index (χ1n) is 6.65. The molecule has 7 heteroatoms. The number of aromatic nitrogens is 1. The summed E-state index contributed by atoms with van der Waals surface area (Å²) in [5.41, 5.74) is 2.08. The van der Waals surface area contributed by atoms with Gasteiger partial charge in [-0.2, -0.15) is 5.26 Å². The second-order valence-corrected chi connectivity index (χ2v) is 6.37. The minimum atomic E-state index is -0.210. The molecule has 0 bridgehead atoms. The van der Waals surface area contributed by atoms with Gasteiger partial charge in [-0.05, 0) is 24.3 Å². The zero-order valence-corrected chi connectivity index (χ0v) is 13.3. The van der Waals surface area contributed by atoms with Crippen molar-refractivity contribution >= 4 is 28.8 Å². The van der Waals surface area contributed by atoms with Crippen LogP contribution in [0.15, 0.2) is 47.0 Å². The molecule has 2 aromatic heterocycles. The van der Waals surface area contributed by atoms with Gasteiger partial charge < -0.3 is 9.84 Å². The van der Waals surface area contributed by atoms with E-state index in [9.17, 15) is 4.79 Å². The maximum atomic E-state index is 11.9. The van der Waals surface area contributed by atoms with Crippen molar-refractivity contribution in [1.29, 1.82) is 5.26 Å². The average Bonchev–Trinajstić information content (AvgIpc) is 3.22. The van der Waals surface area contributed by atoms with E-state index in [1.54, 1.807) is 42.5 Å². The first-order valence-corrected chi connectivity index (χ1v) is 7.85. The number of thiophene rings is 1. The molecule has 114 valence electrons. The summed E-state index contributed by atoms with van der Waals surface area (Å²) in [5.74, 6) is 0.332. The van der Waals surface area contributed by atoms with E-state index in [-0.39, 0.29) is 12.5 Å². The van der Waals surface area contributed by atoms with Crippen molar-refractivity contribution in [3.05, 3.63) is 63.0 Å². The number of nitrogens with zero attached hydrogens (tertiary/aromatic N) is 2. The Labute approximate surface area is 141 Å². The molecular weight excluding hydrogens is 334 g/mol. The number of halogens is 1. The third-order valence-electron chi connectivity index (χ3n) is 3.09. The lowest BCUT2D eigenvalue weighted by Crippen LogP contribution is -2.21. The Morgan fingerprint density at radius 1 is 1.30 bits per heavy atom. The van der Waals surface area contributed by atoms with Crippen LogP contribution >= 0.6 is 22.9 Å². The van der Waals surface area contributed by atoms with Gasteiger partial charge in [-0.1, -0.05) is 28.9 Å². The number of benzene rings is 1. The Balaban J connectivity index is 1.65. The third-order valence-corrected chi connectivity index (χ3v) is 4.32. The minimum Gasteiger partial charge on any atom is -0.359 e. The molecule has 0 fully saturated rings. The van der Waals surface area contributed by atoms with Crippen molar-refractivity contribution in [2.45, 2.75) is 6.54 Å². The lowest BCUT2D eigenvalue weighted by atomic mass is 10.1. The van der Waals surface area contributed by atoms with Crippen LogP contribution < -0.4 is 5.32 Å². The van der Waals surface area contributed by atoms with Crippen molar-refractivity contribution in [2.75, 3.05) is 0 Å². The smallest absolute Gasteiger partial charge is 0.261 e. The van der Waals surface area contributed by atoms with E-state index in [4.69, 9.17) is 21.4 Å². The number of nitrogens with one attached hydrogen (secondary N) is 1. The van der Waals surface area contributed by atoms with Crippen LogP contribution in [-0.4, -0.2) is 11.1 Å². The fraction of sp³-hybridized carbons (Fsp3) is 0.0625. The van der Waals surface area contributed by atoms with Gasteiger partial charge >= 0.3 is 0 Å². The van der Waals surface area contributed by atoms with Crippen molar-refractivity contribution in [3.63, 3.8) is 0 Å². The number of carbonyl (C=O) groups excluding carboxylic acids is 1. The highest BCUT2D eigenvalue weighted by Crippen LogP contribution is 2.22. The molecule has 0 unspecified atom stereocenters. The molecule has 1 aromatic carbocycles. The predicted molar refractivity (Wildman–Crippen MR) is 87.2 cm³/mol. The zero-order chi connectivity index (χ0) is 16.2. The van der Waals surface area contributed by atoms with Gasteiger partial charge in [0.2, 0.25) is 0 Å². The monoisotopic (exact) mass is 343 g/mol. The maximum absolute atomic E-state index is 11.9. The molecule has 1 N–H and O–H groups in total. The molecular formula is C16H10ClN3O2S. The van der Waals surface area contributed by atoms with Crippen LogP contribution in [0, 0.1) is 11.3 Å². The Morgan fingerprint density at radius 3 is 2.74 bits per heavy atom. The topological polar surface area (TPSA) is 78.9 Å². The second-order valence-electron chi connectivity index (χ2n) is 4.65. The first kappa shape index (κ1) is 15.3. The van der Waals surface area contributed by atoms with E-state index in [0.717, 1.165) is 5.56 Å². The van der Waals surface area contributed by atoms with Crippen LogP contribution in [0.4, 0.5) is 0 Å². The Hall–Kier alpha value is -2.62. The number of hydrogen-bond donors (Lipinski definition) is 1. The molecule has 1 amide bonds. The quantitative estimate of drug-likeness (QED) is 0.780. The highest BCUT2D eigenvalue weighted by atomic mass is 35.5. The zero-order valence-electron chi connectivity index (χ0n) is 11.7. The standard InChI is InChI=1S/C16H10ClN3O2S/c17-15-6-5-14(23-15)16(21)19-9-12-7-13(20-22-12)11-3-1-10(8-18)2-4-11/h1-7H,9H2,(H,19,21). The normalized spacial score (nSPS) is 10.3. The van der Waals surface area contributed by atoms with Crippen LogP contribution in [0.1, 0.15) is 21.0 Å². The number of amides is 1. The van der Waals surface area contributed by atoms with Gasteiger partial charge in [0.25, 0.3) is 5.91 Å². The molecule has 0 aliphatic heterocycles. The fourth-order valence-electron chi connectivity index (χ4n) is 1.94. The summed E-state index contributed by atoms with van der Waals surface area (Å²) in [7, 11) is 0. The molecule has 0 saturated heterocycles. The van der Waals surface area contributed by atoms with Crippen LogP contribution in [0.2, 0.25) is 4.34 Å². The molecule has 3 aromatic rings. The Morgan fingerprint density at radius 2 is 2.09 bits per heavy atom. The molecule has 0 saturated carbocycles. The average molecular weight is 344 g/mol. The third kappa shape index (κ3) is 3.59. The molecule has 0 spiro atoms. The van der Waals surface area contributed by atoms with Gasteiger partial charge in [0.1, 0.15) is 5.69 Å². The summed E-state index contributed by atoms with van der Waals surface area (Å²) in [6, 6.07) is 14.2. The van der Waals surface area contributed by atoms with Gasteiger partial charge in [0.15, 0.2) is 5.76 Å². The SMILES string of the molecule is N#Cc1ccc(-c2cc(CNC(=O)c3ccc(Cl)s3)on2)cc1. The van der Waals surface area contributed by atoms with E-state index in [1.807, 2.05) is 0 Å². The van der Waals surface area contributed by atoms with Crippen molar-refractivity contribution in [3.8, 4) is 17.3 Å². The highest BCUT2D eigenvalue weighted by molar-refractivity contribution is 7.17. The molecule has 2 heterocycles. The molecule has 0 aliphatic carbocycles. The lowest BCUT2D eigenvalue weighted by Gasteiger charge is -1.99. The van der Waals surface area contributed by atoms with Gasteiger partial charge in [-0.3, -0.25) is 4.79 Å². The number of rotatable bonds is 4. The summed E-state index contributed by atoms with van der Waals surface area (Å²) < 4.78 is 5.78. The minimum absolute atomic E-state index is 0.210. The van der Waals surface area contributed by atoms with Gasteiger partial charge in [-0.25, -0.2) is 0 Å². The van der Waals surface area contributed by atoms with E-state index >= 15 is 0 Å². The van der Waals surface area contributed by atoms with Gasteiger partial charge in [-0.15, -0.1) is 11.3 Å². The van der Waals surface area contributed by atoms with E-state index < -0.39 is 0 Å². The number of nitriles is 1. The van der Waals surface area contributed by atoms with Crippen LogP contribution in [-0.2, 0) is 6.54 Å². The largest absolute Gasteiger partial charge is 0.359 e. The van der Waals surface area contributed by atoms with Crippen molar-refractivity contribution in [2.24, 2.45) is 0 Å². The van der Waals surface area contributed by atoms with Crippen molar-refractivity contribution < 1.29 is 9.32 Å². The number of hydrogen-bond acceptors (Lipinski definition) is 5.